The predicted molar refractivity (Wildman–Crippen MR) is 90.9 cm³/mol. The first-order valence-corrected chi connectivity index (χ1v) is 8.05. The summed E-state index contributed by atoms with van der Waals surface area (Å²) in [7, 11) is 1.66. The molecule has 5 heteroatoms. The second-order valence-corrected chi connectivity index (χ2v) is 6.85. The van der Waals surface area contributed by atoms with Crippen molar-refractivity contribution in [3.8, 4) is 11.1 Å². The van der Waals surface area contributed by atoms with Crippen LogP contribution in [0.5, 0.6) is 0 Å². The van der Waals surface area contributed by atoms with Gasteiger partial charge in [-0.05, 0) is 36.4 Å². The first kappa shape index (κ1) is 14.8. The number of carbonyl (C=O) groups is 1. The van der Waals surface area contributed by atoms with Crippen LogP contribution in [0.3, 0.4) is 0 Å². The van der Waals surface area contributed by atoms with Gasteiger partial charge >= 0.3 is 0 Å². The SMILES string of the molecule is Cc1cccc(-c2csc([C@]3(C)CC(=O)N(C)C(N)=N3)c2)c1. The molecule has 0 fully saturated rings. The number of amides is 1. The van der Waals surface area contributed by atoms with Crippen LogP contribution in [0.15, 0.2) is 40.7 Å². The molecular formula is C17H19N3OS. The van der Waals surface area contributed by atoms with E-state index in [0.29, 0.717) is 6.42 Å². The number of aryl methyl sites for hydroxylation is 1. The summed E-state index contributed by atoms with van der Waals surface area (Å²) in [4.78, 5) is 19.1. The number of hydrogen-bond donors (Lipinski definition) is 1. The number of carbonyl (C=O) groups excluding carboxylic acids is 1. The summed E-state index contributed by atoms with van der Waals surface area (Å²) in [5, 5.41) is 2.11. The molecule has 1 aromatic carbocycles. The number of thiophene rings is 1. The van der Waals surface area contributed by atoms with E-state index in [4.69, 9.17) is 5.73 Å². The number of rotatable bonds is 2. The lowest BCUT2D eigenvalue weighted by molar-refractivity contribution is -0.128. The lowest BCUT2D eigenvalue weighted by Crippen LogP contribution is -2.47. The Morgan fingerprint density at radius 2 is 2.09 bits per heavy atom. The van der Waals surface area contributed by atoms with Gasteiger partial charge in [-0.3, -0.25) is 9.69 Å². The van der Waals surface area contributed by atoms with Gasteiger partial charge in [0, 0.05) is 11.9 Å². The first-order chi connectivity index (χ1) is 10.4. The minimum atomic E-state index is -0.569. The van der Waals surface area contributed by atoms with E-state index >= 15 is 0 Å². The molecule has 4 nitrogen and oxygen atoms in total. The molecule has 2 aromatic rings. The Kier molecular flexibility index (Phi) is 3.53. The van der Waals surface area contributed by atoms with E-state index in [1.54, 1.807) is 18.4 Å². The maximum Gasteiger partial charge on any atom is 0.231 e. The molecule has 2 N–H and O–H groups in total. The Bertz CT molecular complexity index is 765. The Morgan fingerprint density at radius 1 is 1.32 bits per heavy atom. The Hall–Kier alpha value is -2.14. The monoisotopic (exact) mass is 313 g/mol. The number of aliphatic imine (C=N–C) groups is 1. The van der Waals surface area contributed by atoms with Crippen LogP contribution in [-0.2, 0) is 10.3 Å². The number of nitrogens with two attached hydrogens (primary N) is 1. The van der Waals surface area contributed by atoms with Crippen molar-refractivity contribution in [2.75, 3.05) is 7.05 Å². The maximum atomic E-state index is 12.1. The van der Waals surface area contributed by atoms with E-state index in [0.717, 1.165) is 10.4 Å². The van der Waals surface area contributed by atoms with Gasteiger partial charge in [0.1, 0.15) is 5.54 Å². The van der Waals surface area contributed by atoms with Gasteiger partial charge < -0.3 is 5.73 Å². The fourth-order valence-corrected chi connectivity index (χ4v) is 3.67. The fraction of sp³-hybridized carbons (Fsp3) is 0.294. The zero-order valence-electron chi connectivity index (χ0n) is 13.0. The summed E-state index contributed by atoms with van der Waals surface area (Å²) < 4.78 is 0. The Balaban J connectivity index is 1.99. The van der Waals surface area contributed by atoms with E-state index in [-0.39, 0.29) is 11.9 Å². The van der Waals surface area contributed by atoms with Crippen LogP contribution in [0.25, 0.3) is 11.1 Å². The van der Waals surface area contributed by atoms with Crippen molar-refractivity contribution in [2.24, 2.45) is 10.7 Å². The second-order valence-electron chi connectivity index (χ2n) is 5.94. The highest BCUT2D eigenvalue weighted by Crippen LogP contribution is 2.39. The molecule has 0 bridgehead atoms. The molecule has 0 aliphatic carbocycles. The van der Waals surface area contributed by atoms with Gasteiger partial charge in [-0.25, -0.2) is 4.99 Å². The Morgan fingerprint density at radius 3 is 2.77 bits per heavy atom. The van der Waals surface area contributed by atoms with Crippen molar-refractivity contribution < 1.29 is 4.79 Å². The van der Waals surface area contributed by atoms with Crippen molar-refractivity contribution in [3.63, 3.8) is 0 Å². The van der Waals surface area contributed by atoms with Crippen molar-refractivity contribution >= 4 is 23.2 Å². The molecule has 3 rings (SSSR count). The molecule has 0 unspecified atom stereocenters. The topological polar surface area (TPSA) is 58.7 Å². The van der Waals surface area contributed by atoms with Gasteiger partial charge in [0.15, 0.2) is 5.96 Å². The average molecular weight is 313 g/mol. The molecule has 1 aliphatic heterocycles. The highest BCUT2D eigenvalue weighted by Gasteiger charge is 2.37. The van der Waals surface area contributed by atoms with Crippen LogP contribution in [0.2, 0.25) is 0 Å². The predicted octanol–water partition coefficient (Wildman–Crippen LogP) is 3.12. The molecular weight excluding hydrogens is 294 g/mol. The first-order valence-electron chi connectivity index (χ1n) is 7.17. The lowest BCUT2D eigenvalue weighted by atomic mass is 9.93. The van der Waals surface area contributed by atoms with Gasteiger partial charge in [-0.1, -0.05) is 29.8 Å². The molecule has 2 heterocycles. The number of benzene rings is 1. The van der Waals surface area contributed by atoms with Crippen LogP contribution in [0.1, 0.15) is 23.8 Å². The Labute approximate surface area is 134 Å². The molecule has 114 valence electrons. The average Bonchev–Trinajstić information content (AvgIpc) is 2.95. The zero-order chi connectivity index (χ0) is 15.9. The molecule has 1 aromatic heterocycles. The minimum absolute atomic E-state index is 0.000468. The fourth-order valence-electron chi connectivity index (χ4n) is 2.65. The third-order valence-electron chi connectivity index (χ3n) is 4.06. The highest BCUT2D eigenvalue weighted by atomic mass is 32.1. The molecule has 1 aliphatic rings. The van der Waals surface area contributed by atoms with Gasteiger partial charge in [-0.2, -0.15) is 0 Å². The van der Waals surface area contributed by atoms with Crippen molar-refractivity contribution in [1.82, 2.24) is 4.90 Å². The van der Waals surface area contributed by atoms with E-state index in [1.165, 1.54) is 16.0 Å². The normalized spacial score (nSPS) is 21.9. The van der Waals surface area contributed by atoms with Crippen LogP contribution < -0.4 is 5.73 Å². The summed E-state index contributed by atoms with van der Waals surface area (Å²) >= 11 is 1.63. The van der Waals surface area contributed by atoms with E-state index in [2.05, 4.69) is 47.6 Å². The molecule has 0 radical (unpaired) electrons. The third kappa shape index (κ3) is 2.52. The van der Waals surface area contributed by atoms with Gasteiger partial charge in [-0.15, -0.1) is 11.3 Å². The smallest absolute Gasteiger partial charge is 0.231 e. The zero-order valence-corrected chi connectivity index (χ0v) is 13.8. The largest absolute Gasteiger partial charge is 0.369 e. The molecule has 22 heavy (non-hydrogen) atoms. The third-order valence-corrected chi connectivity index (χ3v) is 5.24. The molecule has 0 spiro atoms. The number of hydrogen-bond acceptors (Lipinski definition) is 4. The van der Waals surface area contributed by atoms with Gasteiger partial charge in [0.05, 0.1) is 6.42 Å². The number of guanidine groups is 1. The van der Waals surface area contributed by atoms with Crippen LogP contribution >= 0.6 is 11.3 Å². The second kappa shape index (κ2) is 5.25. The molecule has 1 atom stereocenters. The number of nitrogens with zero attached hydrogens (tertiary/aromatic N) is 2. The summed E-state index contributed by atoms with van der Waals surface area (Å²) in [5.41, 5.74) is 8.88. The molecule has 1 amide bonds. The minimum Gasteiger partial charge on any atom is -0.369 e. The van der Waals surface area contributed by atoms with Crippen LogP contribution in [-0.4, -0.2) is 23.8 Å². The van der Waals surface area contributed by atoms with E-state index in [9.17, 15) is 4.79 Å². The van der Waals surface area contributed by atoms with Crippen molar-refractivity contribution in [3.05, 3.63) is 46.2 Å². The summed E-state index contributed by atoms with van der Waals surface area (Å²) in [6.45, 7) is 4.05. The molecule has 0 saturated heterocycles. The van der Waals surface area contributed by atoms with Crippen molar-refractivity contribution in [1.29, 1.82) is 0 Å². The van der Waals surface area contributed by atoms with Crippen LogP contribution in [0.4, 0.5) is 0 Å². The van der Waals surface area contributed by atoms with Crippen molar-refractivity contribution in [2.45, 2.75) is 25.8 Å². The van der Waals surface area contributed by atoms with Gasteiger partial charge in [0.25, 0.3) is 0 Å². The highest BCUT2D eigenvalue weighted by molar-refractivity contribution is 7.10. The molecule has 0 saturated carbocycles. The van der Waals surface area contributed by atoms with Crippen LogP contribution in [0, 0.1) is 6.92 Å². The summed E-state index contributed by atoms with van der Waals surface area (Å²) in [6, 6.07) is 10.5. The standard InChI is InChI=1S/C17H19N3OS/c1-11-5-4-6-12(7-11)13-8-14(22-10-13)17(2)9-15(21)20(3)16(18)19-17/h4-8,10H,9H2,1-3H3,(H2,18,19)/t17-/m0/s1. The van der Waals surface area contributed by atoms with E-state index < -0.39 is 5.54 Å². The quantitative estimate of drug-likeness (QED) is 0.926. The summed E-state index contributed by atoms with van der Waals surface area (Å²) in [5.74, 6) is 0.282. The maximum absolute atomic E-state index is 12.1. The van der Waals surface area contributed by atoms with Gasteiger partial charge in [0.2, 0.25) is 5.91 Å². The summed E-state index contributed by atoms with van der Waals surface area (Å²) in [6.07, 6.45) is 0.345. The lowest BCUT2D eigenvalue weighted by Gasteiger charge is -2.32. The van der Waals surface area contributed by atoms with E-state index in [1.807, 2.05) is 6.92 Å².